The van der Waals surface area contributed by atoms with Crippen LogP contribution in [0.5, 0.6) is 0 Å². The molecule has 0 saturated heterocycles. The van der Waals surface area contributed by atoms with Gasteiger partial charge in [-0.15, -0.1) is 4.33 Å². The summed E-state index contributed by atoms with van der Waals surface area (Å²) in [7, 11) is -4.01. The van der Waals surface area contributed by atoms with Crippen molar-refractivity contribution in [1.82, 2.24) is 0 Å². The van der Waals surface area contributed by atoms with Crippen LogP contribution in [-0.4, -0.2) is 53.1 Å². The summed E-state index contributed by atoms with van der Waals surface area (Å²) in [6, 6.07) is 16.8. The number of anilines is 1. The third kappa shape index (κ3) is 7.37. The predicted octanol–water partition coefficient (Wildman–Crippen LogP) is 7.68. The van der Waals surface area contributed by atoms with Crippen LogP contribution in [0.2, 0.25) is 0 Å². The molecule has 1 aliphatic carbocycles. The second kappa shape index (κ2) is 13.8. The van der Waals surface area contributed by atoms with Gasteiger partial charge in [0.15, 0.2) is 5.71 Å². The Kier molecular flexibility index (Phi) is 10.2. The molecule has 240 valence electrons. The molecule has 2 N–H and O–H groups in total. The Morgan fingerprint density at radius 2 is 1.69 bits per heavy atom. The zero-order valence-electron chi connectivity index (χ0n) is 26.4. The summed E-state index contributed by atoms with van der Waals surface area (Å²) in [6.45, 7) is 10.3. The zero-order valence-corrected chi connectivity index (χ0v) is 28.0. The second-order valence-corrected chi connectivity index (χ2v) is 15.1. The molecule has 2 aromatic carbocycles. The number of allylic oxidation sites excluding steroid dienone is 8. The average molecular weight is 652 g/mol. The van der Waals surface area contributed by atoms with Crippen molar-refractivity contribution in [3.63, 3.8) is 0 Å². The molecule has 0 aromatic heterocycles. The summed E-state index contributed by atoms with van der Waals surface area (Å²) in [5, 5.41) is 12.1. The fourth-order valence-corrected chi connectivity index (χ4v) is 7.66. The Balaban J connectivity index is 1.38. The minimum Gasteiger partial charge on any atom is -0.344 e. The average Bonchev–Trinajstić information content (AvgIpc) is 3.60. The van der Waals surface area contributed by atoms with E-state index < -0.39 is 10.1 Å². The van der Waals surface area contributed by atoms with Gasteiger partial charge in [-0.05, 0) is 62.0 Å². The van der Waals surface area contributed by atoms with Crippen molar-refractivity contribution < 1.29 is 32.2 Å². The fourth-order valence-electron chi connectivity index (χ4n) is 6.81. The molecular formula is C35H43N2O6S2+. The normalized spacial score (nSPS) is 20.5. The maximum Gasteiger partial charge on any atom is 0.264 e. The molecule has 45 heavy (non-hydrogen) atoms. The number of benzene rings is 2. The van der Waals surface area contributed by atoms with Gasteiger partial charge in [-0.3, -0.25) is 4.55 Å². The van der Waals surface area contributed by atoms with Crippen molar-refractivity contribution in [2.24, 2.45) is 0 Å². The molecule has 8 nitrogen and oxygen atoms in total. The molecule has 2 aliphatic heterocycles. The summed E-state index contributed by atoms with van der Waals surface area (Å²) >= 11 is 1.08. The van der Waals surface area contributed by atoms with E-state index in [1.165, 1.54) is 33.7 Å². The zero-order chi connectivity index (χ0) is 32.2. The van der Waals surface area contributed by atoms with Crippen molar-refractivity contribution >= 4 is 39.2 Å². The summed E-state index contributed by atoms with van der Waals surface area (Å²) in [4.78, 5) is 2.20. The molecule has 0 spiro atoms. The van der Waals surface area contributed by atoms with Crippen molar-refractivity contribution in [2.75, 3.05) is 29.5 Å². The van der Waals surface area contributed by atoms with E-state index in [2.05, 4.69) is 113 Å². The lowest BCUT2D eigenvalue weighted by atomic mass is 9.81. The molecule has 2 aromatic rings. The van der Waals surface area contributed by atoms with Crippen LogP contribution in [0.4, 0.5) is 11.4 Å². The summed E-state index contributed by atoms with van der Waals surface area (Å²) in [5.74, 6) is 0.425. The van der Waals surface area contributed by atoms with Crippen molar-refractivity contribution in [2.45, 2.75) is 64.2 Å². The number of hydrogen-bond acceptors (Lipinski definition) is 7. The Labute approximate surface area is 271 Å². The van der Waals surface area contributed by atoms with Crippen molar-refractivity contribution in [3.05, 3.63) is 107 Å². The summed E-state index contributed by atoms with van der Waals surface area (Å²) in [6.07, 6.45) is 14.3. The maximum absolute atomic E-state index is 11.4. The van der Waals surface area contributed by atoms with Gasteiger partial charge in [0, 0.05) is 65.3 Å². The molecule has 0 amide bonds. The quantitative estimate of drug-likeness (QED) is 0.0568. The Hall–Kier alpha value is -2.99. The van der Waals surface area contributed by atoms with E-state index in [1.54, 1.807) is 0 Å². The van der Waals surface area contributed by atoms with Crippen molar-refractivity contribution in [1.29, 1.82) is 0 Å². The van der Waals surface area contributed by atoms with Crippen LogP contribution >= 0.6 is 12.0 Å². The topological polar surface area (TPSA) is 99.3 Å². The number of nitrogens with zero attached hydrogens (tertiary/aromatic N) is 2. The number of fused-ring (bicyclic) bond motifs is 2. The van der Waals surface area contributed by atoms with Gasteiger partial charge in [-0.25, -0.2) is 5.26 Å². The molecule has 0 bridgehead atoms. The first-order valence-electron chi connectivity index (χ1n) is 15.4. The van der Waals surface area contributed by atoms with Crippen molar-refractivity contribution in [3.8, 4) is 0 Å². The van der Waals surface area contributed by atoms with Crippen LogP contribution in [0.15, 0.2) is 95.8 Å². The van der Waals surface area contributed by atoms with Crippen LogP contribution in [0, 0.1) is 0 Å². The monoisotopic (exact) mass is 651 g/mol. The minimum absolute atomic E-state index is 0.144. The first kappa shape index (κ1) is 33.4. The van der Waals surface area contributed by atoms with Gasteiger partial charge in [0.25, 0.3) is 10.1 Å². The van der Waals surface area contributed by atoms with Gasteiger partial charge in [0.05, 0.1) is 11.2 Å². The molecule has 0 saturated carbocycles. The summed E-state index contributed by atoms with van der Waals surface area (Å²) in [5.41, 5.74) is 9.35. The minimum atomic E-state index is -4.01. The molecule has 0 unspecified atom stereocenters. The highest BCUT2D eigenvalue weighted by molar-refractivity contribution is 7.94. The smallest absolute Gasteiger partial charge is 0.264 e. The van der Waals surface area contributed by atoms with E-state index >= 15 is 0 Å². The maximum atomic E-state index is 11.4. The van der Waals surface area contributed by atoms with E-state index in [0.717, 1.165) is 49.2 Å². The highest BCUT2D eigenvalue weighted by atomic mass is 32.2. The van der Waals surface area contributed by atoms with Gasteiger partial charge >= 0.3 is 0 Å². The van der Waals surface area contributed by atoms with Gasteiger partial charge in [-0.2, -0.15) is 13.0 Å². The molecular weight excluding hydrogens is 609 g/mol. The van der Waals surface area contributed by atoms with E-state index in [4.69, 9.17) is 5.26 Å². The molecule has 2 heterocycles. The Morgan fingerprint density at radius 3 is 2.44 bits per heavy atom. The molecule has 10 heteroatoms. The highest BCUT2D eigenvalue weighted by Crippen LogP contribution is 2.48. The van der Waals surface area contributed by atoms with Gasteiger partial charge in [-0.1, -0.05) is 73.5 Å². The molecule has 5 rings (SSSR count). The van der Waals surface area contributed by atoms with E-state index in [1.807, 2.05) is 12.1 Å². The standard InChI is InChI=1S/C35H42N2O6S2/c1-34(2)28-11-5-7-13-30(28)36(21-9-23-44-43-42-38)32(34)19-17-26-15-16-27(25-26)18-20-33-35(3,4)29-12-6-8-14-31(29)37(33)22-10-24-45(39,40)41/h5-8,11-14,17-20,25H,9-10,15-16,21-24H2,1-4H3,(H-,38,39,40,41)/p+1. The van der Waals surface area contributed by atoms with E-state index in [9.17, 15) is 13.0 Å². The van der Waals surface area contributed by atoms with Crippen LogP contribution in [0.1, 0.15) is 64.5 Å². The van der Waals surface area contributed by atoms with Gasteiger partial charge in [0.2, 0.25) is 5.69 Å². The van der Waals surface area contributed by atoms with Gasteiger partial charge < -0.3 is 4.90 Å². The third-order valence-electron chi connectivity index (χ3n) is 9.05. The second-order valence-electron chi connectivity index (χ2n) is 12.8. The SMILES string of the molecule is CC1(C)C(/C=C/C2=CC(=C/C=C3/N(CCCS(=O)(=O)O)c4ccccc4C3(C)C)/CC2)=[N+](CCCSOOO)c2ccccc21. The van der Waals surface area contributed by atoms with Crippen LogP contribution in [0.3, 0.4) is 0 Å². The first-order chi connectivity index (χ1) is 21.4. The Morgan fingerprint density at radius 1 is 0.956 bits per heavy atom. The number of hydrogen-bond donors (Lipinski definition) is 2. The molecule has 0 atom stereocenters. The Bertz CT molecular complexity index is 1680. The molecule has 3 aliphatic rings. The summed E-state index contributed by atoms with van der Waals surface area (Å²) < 4.78 is 39.0. The lowest BCUT2D eigenvalue weighted by Crippen LogP contribution is -2.28. The predicted molar refractivity (Wildman–Crippen MR) is 182 cm³/mol. The lowest BCUT2D eigenvalue weighted by molar-refractivity contribution is -0.438. The van der Waals surface area contributed by atoms with Crippen LogP contribution in [-0.2, 0) is 30.3 Å². The lowest BCUT2D eigenvalue weighted by Gasteiger charge is -2.27. The van der Waals surface area contributed by atoms with E-state index in [0.29, 0.717) is 18.7 Å². The van der Waals surface area contributed by atoms with Gasteiger partial charge in [0.1, 0.15) is 6.54 Å². The van der Waals surface area contributed by atoms with E-state index in [-0.39, 0.29) is 16.6 Å². The number of para-hydroxylation sites is 2. The highest BCUT2D eigenvalue weighted by Gasteiger charge is 2.44. The largest absolute Gasteiger partial charge is 0.344 e. The number of rotatable bonds is 13. The van der Waals surface area contributed by atoms with Crippen LogP contribution in [0.25, 0.3) is 0 Å². The molecule has 0 radical (unpaired) electrons. The van der Waals surface area contributed by atoms with Crippen LogP contribution < -0.4 is 4.90 Å². The third-order valence-corrected chi connectivity index (χ3v) is 10.5. The fraction of sp³-hybridized carbons (Fsp3) is 0.400. The first-order valence-corrected chi connectivity index (χ1v) is 17.9. The molecule has 0 fully saturated rings.